The number of aryl methyl sites for hydroxylation is 1. The third-order valence-corrected chi connectivity index (χ3v) is 5.35. The highest BCUT2D eigenvalue weighted by molar-refractivity contribution is 5.97. The smallest absolute Gasteiger partial charge is 0.340 e. The molecule has 34 heavy (non-hydrogen) atoms. The predicted octanol–water partition coefficient (Wildman–Crippen LogP) is 6.07. The van der Waals surface area contributed by atoms with Crippen LogP contribution in [-0.4, -0.2) is 22.2 Å². The second-order valence-electron chi connectivity index (χ2n) is 7.73. The summed E-state index contributed by atoms with van der Waals surface area (Å²) in [4.78, 5) is 12.6. The number of carbonyl (C=O) groups is 1. The van der Waals surface area contributed by atoms with E-state index in [4.69, 9.17) is 9.47 Å². The first-order valence-electron chi connectivity index (χ1n) is 11.3. The number of aromatic nitrogens is 2. The maximum absolute atomic E-state index is 12.6. The molecule has 0 fully saturated rings. The Morgan fingerprint density at radius 1 is 1.09 bits per heavy atom. The maximum atomic E-state index is 12.6. The fourth-order valence-corrected chi connectivity index (χ4v) is 3.86. The number of nitrogens with one attached hydrogen (secondary N) is 1. The molecule has 2 aromatic carbocycles. The highest BCUT2D eigenvalue weighted by Crippen LogP contribution is 2.33. The van der Waals surface area contributed by atoms with E-state index in [1.807, 2.05) is 54.6 Å². The fourth-order valence-electron chi connectivity index (χ4n) is 3.86. The molecule has 0 bridgehead atoms. The van der Waals surface area contributed by atoms with Gasteiger partial charge in [-0.2, -0.15) is 10.4 Å². The van der Waals surface area contributed by atoms with Crippen LogP contribution in [-0.2, 0) is 17.6 Å². The van der Waals surface area contributed by atoms with Crippen LogP contribution in [0.15, 0.2) is 67.0 Å². The van der Waals surface area contributed by atoms with Crippen molar-refractivity contribution < 1.29 is 14.3 Å². The molecule has 0 saturated heterocycles. The zero-order chi connectivity index (χ0) is 23.9. The van der Waals surface area contributed by atoms with Crippen LogP contribution in [0.4, 0.5) is 11.4 Å². The van der Waals surface area contributed by atoms with Crippen molar-refractivity contribution in [3.63, 3.8) is 0 Å². The molecule has 0 amide bonds. The van der Waals surface area contributed by atoms with Gasteiger partial charge in [0.1, 0.15) is 11.5 Å². The maximum Gasteiger partial charge on any atom is 0.340 e. The number of hydrogen-bond donors (Lipinski definition) is 1. The Kier molecular flexibility index (Phi) is 7.09. The van der Waals surface area contributed by atoms with E-state index in [1.165, 1.54) is 0 Å². The van der Waals surface area contributed by atoms with E-state index >= 15 is 0 Å². The summed E-state index contributed by atoms with van der Waals surface area (Å²) in [7, 11) is 0. The average molecular weight is 455 g/mol. The van der Waals surface area contributed by atoms with E-state index in [0.717, 1.165) is 40.2 Å². The van der Waals surface area contributed by atoms with Crippen molar-refractivity contribution in [1.82, 2.24) is 9.61 Å². The summed E-state index contributed by atoms with van der Waals surface area (Å²) in [5.41, 5.74) is 4.48. The SMILES string of the molecule is CCCc1c(C(=O)OCC)cn2ncc(CC#N)c(Nc3ccc(Oc4ccccc4)cc3)c12. The van der Waals surface area contributed by atoms with Crippen molar-refractivity contribution in [2.75, 3.05) is 11.9 Å². The van der Waals surface area contributed by atoms with Gasteiger partial charge in [0.25, 0.3) is 0 Å². The molecule has 0 spiro atoms. The minimum absolute atomic E-state index is 0.187. The minimum Gasteiger partial charge on any atom is -0.462 e. The number of fused-ring (bicyclic) bond motifs is 1. The molecule has 1 N–H and O–H groups in total. The van der Waals surface area contributed by atoms with Crippen molar-refractivity contribution in [2.45, 2.75) is 33.1 Å². The minimum atomic E-state index is -0.369. The molecule has 0 aliphatic rings. The van der Waals surface area contributed by atoms with Gasteiger partial charge < -0.3 is 14.8 Å². The summed E-state index contributed by atoms with van der Waals surface area (Å²) in [6.07, 6.45) is 5.08. The van der Waals surface area contributed by atoms with E-state index < -0.39 is 0 Å². The monoisotopic (exact) mass is 454 g/mol. The molecular formula is C27H26N4O3. The number of nitrogens with zero attached hydrogens (tertiary/aromatic N) is 3. The Bertz CT molecular complexity index is 1320. The van der Waals surface area contributed by atoms with Crippen LogP contribution in [0, 0.1) is 11.3 Å². The third kappa shape index (κ3) is 4.86. The number of esters is 1. The molecule has 7 nitrogen and oxygen atoms in total. The number of ether oxygens (including phenoxy) is 2. The second-order valence-corrected chi connectivity index (χ2v) is 7.73. The number of carbonyl (C=O) groups excluding carboxylic acids is 1. The number of nitriles is 1. The Balaban J connectivity index is 1.73. The van der Waals surface area contributed by atoms with Crippen LogP contribution in [0.2, 0.25) is 0 Å². The lowest BCUT2D eigenvalue weighted by atomic mass is 10.0. The largest absolute Gasteiger partial charge is 0.462 e. The van der Waals surface area contributed by atoms with Crippen molar-refractivity contribution in [3.8, 4) is 17.6 Å². The zero-order valence-corrected chi connectivity index (χ0v) is 19.2. The molecule has 0 saturated carbocycles. The number of hydrogen-bond acceptors (Lipinski definition) is 6. The Labute approximate surface area is 198 Å². The Morgan fingerprint density at radius 3 is 2.50 bits per heavy atom. The van der Waals surface area contributed by atoms with Gasteiger partial charge in [0, 0.05) is 17.4 Å². The van der Waals surface area contributed by atoms with Gasteiger partial charge in [-0.3, -0.25) is 0 Å². The molecule has 7 heteroatoms. The van der Waals surface area contributed by atoms with Gasteiger partial charge in [-0.15, -0.1) is 0 Å². The summed E-state index contributed by atoms with van der Waals surface area (Å²) < 4.78 is 12.8. The van der Waals surface area contributed by atoms with Crippen LogP contribution in [0.5, 0.6) is 11.5 Å². The number of benzene rings is 2. The lowest BCUT2D eigenvalue weighted by Crippen LogP contribution is -2.06. The van der Waals surface area contributed by atoms with Crippen molar-refractivity contribution in [2.24, 2.45) is 0 Å². The van der Waals surface area contributed by atoms with Crippen molar-refractivity contribution >= 4 is 22.9 Å². The van der Waals surface area contributed by atoms with Gasteiger partial charge in [0.2, 0.25) is 0 Å². The quantitative estimate of drug-likeness (QED) is 0.309. The van der Waals surface area contributed by atoms with Crippen molar-refractivity contribution in [1.29, 1.82) is 5.26 Å². The predicted molar refractivity (Wildman–Crippen MR) is 131 cm³/mol. The lowest BCUT2D eigenvalue weighted by Gasteiger charge is -2.14. The summed E-state index contributed by atoms with van der Waals surface area (Å²) in [6.45, 7) is 4.14. The van der Waals surface area contributed by atoms with E-state index in [0.29, 0.717) is 24.3 Å². The zero-order valence-electron chi connectivity index (χ0n) is 19.2. The first kappa shape index (κ1) is 22.9. The van der Waals surface area contributed by atoms with E-state index in [-0.39, 0.29) is 12.4 Å². The standard InChI is InChI=1S/C27H26N4O3/c1-3-8-23-24(27(32)33-4-2)18-31-26(23)25(19(15-16-28)17-29-31)30-20-11-13-22(14-12-20)34-21-9-6-5-7-10-21/h5-7,9-14,17-18,30H,3-4,8,15H2,1-2H3. The second kappa shape index (κ2) is 10.5. The van der Waals surface area contributed by atoms with Gasteiger partial charge >= 0.3 is 5.97 Å². The highest BCUT2D eigenvalue weighted by Gasteiger charge is 2.22. The number of rotatable bonds is 9. The molecule has 4 aromatic rings. The molecule has 4 rings (SSSR count). The van der Waals surface area contributed by atoms with Gasteiger partial charge in [0.15, 0.2) is 0 Å². The van der Waals surface area contributed by atoms with E-state index in [1.54, 1.807) is 23.8 Å². The first-order chi connectivity index (χ1) is 16.6. The Hall–Kier alpha value is -4.31. The van der Waals surface area contributed by atoms with Crippen molar-refractivity contribution in [3.05, 3.63) is 83.7 Å². The van der Waals surface area contributed by atoms with E-state index in [9.17, 15) is 10.1 Å². The van der Waals surface area contributed by atoms with Crippen LogP contribution in [0.25, 0.3) is 5.52 Å². The highest BCUT2D eigenvalue weighted by atomic mass is 16.5. The number of anilines is 2. The number of para-hydroxylation sites is 1. The Morgan fingerprint density at radius 2 is 1.82 bits per heavy atom. The normalized spacial score (nSPS) is 10.6. The van der Waals surface area contributed by atoms with Crippen LogP contribution >= 0.6 is 0 Å². The molecule has 0 aliphatic heterocycles. The molecule has 2 aromatic heterocycles. The summed E-state index contributed by atoms with van der Waals surface area (Å²) >= 11 is 0. The molecule has 0 atom stereocenters. The summed E-state index contributed by atoms with van der Waals surface area (Å²) in [5, 5.41) is 17.3. The molecule has 0 unspecified atom stereocenters. The van der Waals surface area contributed by atoms with Gasteiger partial charge in [0.05, 0.1) is 42.1 Å². The molecule has 172 valence electrons. The van der Waals surface area contributed by atoms with Gasteiger partial charge in [-0.05, 0) is 55.3 Å². The fraction of sp³-hybridized carbons (Fsp3) is 0.222. The topological polar surface area (TPSA) is 88.7 Å². The van der Waals surface area contributed by atoms with Gasteiger partial charge in [-0.1, -0.05) is 31.5 Å². The first-order valence-corrected chi connectivity index (χ1v) is 11.3. The molecule has 0 radical (unpaired) electrons. The van der Waals surface area contributed by atoms with Crippen LogP contribution in [0.1, 0.15) is 41.8 Å². The summed E-state index contributed by atoms with van der Waals surface area (Å²) in [5.74, 6) is 1.11. The summed E-state index contributed by atoms with van der Waals surface area (Å²) in [6, 6.07) is 19.4. The lowest BCUT2D eigenvalue weighted by molar-refractivity contribution is 0.0525. The molecule has 2 heterocycles. The van der Waals surface area contributed by atoms with Gasteiger partial charge in [-0.25, -0.2) is 9.31 Å². The van der Waals surface area contributed by atoms with E-state index in [2.05, 4.69) is 23.4 Å². The third-order valence-electron chi connectivity index (χ3n) is 5.35. The molecular weight excluding hydrogens is 428 g/mol. The van der Waals surface area contributed by atoms with Crippen LogP contribution < -0.4 is 10.1 Å². The molecule has 0 aliphatic carbocycles. The van der Waals surface area contributed by atoms with Crippen LogP contribution in [0.3, 0.4) is 0 Å². The average Bonchev–Trinajstić information content (AvgIpc) is 3.22.